The maximum atomic E-state index is 12.3. The van der Waals surface area contributed by atoms with Crippen molar-refractivity contribution in [3.63, 3.8) is 0 Å². The Hall–Kier alpha value is -3.39. The van der Waals surface area contributed by atoms with Crippen LogP contribution in [0.1, 0.15) is 21.5 Å². The molecule has 0 aliphatic heterocycles. The van der Waals surface area contributed by atoms with E-state index in [2.05, 4.69) is 15.5 Å². The molecule has 0 saturated carbocycles. The van der Waals surface area contributed by atoms with Crippen molar-refractivity contribution in [3.05, 3.63) is 64.5 Å². The number of carbonyl (C=O) groups excluding carboxylic acids is 1. The van der Waals surface area contributed by atoms with E-state index in [0.29, 0.717) is 28.0 Å². The zero-order chi connectivity index (χ0) is 19.2. The topological polar surface area (TPSA) is 98.8 Å². The Labute approximate surface area is 160 Å². The van der Waals surface area contributed by atoms with Crippen LogP contribution in [0.5, 0.6) is 11.5 Å². The standard InChI is InChI=1S/C19H18N4O3S/c1-12-3-6-14(7-4-12)18(24)26-15-8-5-13(9-16(15)25-2)10-21-23-19-22-17(20)11-27-19/h3-11H,20H2,1-2H3,(H,22,23). The maximum absolute atomic E-state index is 12.3. The van der Waals surface area contributed by atoms with Gasteiger partial charge in [-0.1, -0.05) is 17.7 Å². The number of methoxy groups -OCH3 is 1. The molecule has 0 amide bonds. The van der Waals surface area contributed by atoms with Crippen LogP contribution in [0, 0.1) is 6.92 Å². The van der Waals surface area contributed by atoms with Crippen LogP contribution in [-0.4, -0.2) is 24.3 Å². The van der Waals surface area contributed by atoms with Gasteiger partial charge >= 0.3 is 5.97 Å². The zero-order valence-electron chi connectivity index (χ0n) is 14.8. The highest BCUT2D eigenvalue weighted by Gasteiger charge is 2.12. The number of nitrogens with one attached hydrogen (secondary N) is 1. The highest BCUT2D eigenvalue weighted by molar-refractivity contribution is 7.14. The number of nitrogens with zero attached hydrogens (tertiary/aromatic N) is 2. The first-order chi connectivity index (χ1) is 13.0. The number of aryl methyl sites for hydroxylation is 1. The third-order valence-corrected chi connectivity index (χ3v) is 4.34. The third kappa shape index (κ3) is 4.83. The minimum absolute atomic E-state index is 0.334. The normalized spacial score (nSPS) is 10.7. The summed E-state index contributed by atoms with van der Waals surface area (Å²) < 4.78 is 10.8. The molecule has 0 unspecified atom stereocenters. The number of rotatable bonds is 6. The largest absolute Gasteiger partial charge is 0.493 e. The lowest BCUT2D eigenvalue weighted by atomic mass is 10.1. The van der Waals surface area contributed by atoms with Crippen LogP contribution >= 0.6 is 11.3 Å². The van der Waals surface area contributed by atoms with E-state index in [1.54, 1.807) is 41.9 Å². The molecule has 0 atom stereocenters. The van der Waals surface area contributed by atoms with Gasteiger partial charge in [-0.15, -0.1) is 11.3 Å². The highest BCUT2D eigenvalue weighted by Crippen LogP contribution is 2.28. The molecule has 0 fully saturated rings. The van der Waals surface area contributed by atoms with E-state index in [9.17, 15) is 4.79 Å². The summed E-state index contributed by atoms with van der Waals surface area (Å²) in [6.45, 7) is 1.96. The summed E-state index contributed by atoms with van der Waals surface area (Å²) in [5.41, 5.74) is 10.7. The van der Waals surface area contributed by atoms with Gasteiger partial charge in [0.1, 0.15) is 5.82 Å². The Bertz CT molecular complexity index is 967. The molecule has 8 heteroatoms. The first kappa shape index (κ1) is 18.4. The number of ether oxygens (including phenoxy) is 2. The van der Waals surface area contributed by atoms with Crippen LogP contribution in [0.2, 0.25) is 0 Å². The van der Waals surface area contributed by atoms with Crippen molar-refractivity contribution in [2.24, 2.45) is 5.10 Å². The number of nitrogens with two attached hydrogens (primary N) is 1. The van der Waals surface area contributed by atoms with Crippen molar-refractivity contribution in [1.82, 2.24) is 4.98 Å². The molecular weight excluding hydrogens is 364 g/mol. The Morgan fingerprint density at radius 2 is 2.00 bits per heavy atom. The minimum atomic E-state index is -0.447. The summed E-state index contributed by atoms with van der Waals surface area (Å²) >= 11 is 1.36. The molecule has 27 heavy (non-hydrogen) atoms. The molecule has 2 aromatic carbocycles. The molecular formula is C19H18N4O3S. The van der Waals surface area contributed by atoms with Crippen LogP contribution < -0.4 is 20.6 Å². The van der Waals surface area contributed by atoms with Gasteiger partial charge in [-0.25, -0.2) is 9.78 Å². The number of hydrogen-bond acceptors (Lipinski definition) is 8. The van der Waals surface area contributed by atoms with Crippen molar-refractivity contribution < 1.29 is 14.3 Å². The van der Waals surface area contributed by atoms with Crippen LogP contribution in [-0.2, 0) is 0 Å². The second kappa shape index (κ2) is 8.33. The predicted octanol–water partition coefficient (Wildman–Crippen LogP) is 3.71. The molecule has 3 N–H and O–H groups in total. The smallest absolute Gasteiger partial charge is 0.343 e. The molecule has 7 nitrogen and oxygen atoms in total. The van der Waals surface area contributed by atoms with E-state index in [1.165, 1.54) is 18.4 Å². The van der Waals surface area contributed by atoms with Gasteiger partial charge < -0.3 is 15.2 Å². The number of nitrogen functional groups attached to an aromatic ring is 1. The number of hydrogen-bond donors (Lipinski definition) is 2. The molecule has 0 spiro atoms. The number of anilines is 2. The van der Waals surface area contributed by atoms with E-state index in [1.807, 2.05) is 19.1 Å². The fraction of sp³-hybridized carbons (Fsp3) is 0.105. The summed E-state index contributed by atoms with van der Waals surface area (Å²) in [7, 11) is 1.51. The molecule has 0 aliphatic carbocycles. The van der Waals surface area contributed by atoms with Crippen LogP contribution in [0.15, 0.2) is 52.9 Å². The van der Waals surface area contributed by atoms with Gasteiger partial charge in [-0.05, 0) is 42.8 Å². The first-order valence-corrected chi connectivity index (χ1v) is 8.90. The zero-order valence-corrected chi connectivity index (χ0v) is 15.6. The van der Waals surface area contributed by atoms with Gasteiger partial charge in [-0.3, -0.25) is 5.43 Å². The maximum Gasteiger partial charge on any atom is 0.343 e. The van der Waals surface area contributed by atoms with Crippen molar-refractivity contribution in [2.45, 2.75) is 6.92 Å². The fourth-order valence-corrected chi connectivity index (χ4v) is 2.75. The average molecular weight is 382 g/mol. The van der Waals surface area contributed by atoms with Gasteiger partial charge in [0.25, 0.3) is 0 Å². The number of hydrazone groups is 1. The number of esters is 1. The molecule has 138 valence electrons. The van der Waals surface area contributed by atoms with Crippen LogP contribution in [0.25, 0.3) is 0 Å². The molecule has 0 bridgehead atoms. The number of thiazole rings is 1. The third-order valence-electron chi connectivity index (χ3n) is 3.57. The first-order valence-electron chi connectivity index (χ1n) is 8.02. The number of aromatic nitrogens is 1. The van der Waals surface area contributed by atoms with E-state index in [0.717, 1.165) is 11.1 Å². The van der Waals surface area contributed by atoms with Gasteiger partial charge in [0.2, 0.25) is 5.13 Å². The molecule has 3 rings (SSSR count). The van der Waals surface area contributed by atoms with E-state index < -0.39 is 5.97 Å². The predicted molar refractivity (Wildman–Crippen MR) is 107 cm³/mol. The van der Waals surface area contributed by atoms with Crippen molar-refractivity contribution >= 4 is 34.5 Å². The Morgan fingerprint density at radius 3 is 2.67 bits per heavy atom. The quantitative estimate of drug-likeness (QED) is 0.292. The van der Waals surface area contributed by atoms with Gasteiger partial charge in [0, 0.05) is 5.38 Å². The average Bonchev–Trinajstić information content (AvgIpc) is 3.08. The van der Waals surface area contributed by atoms with Gasteiger partial charge in [-0.2, -0.15) is 5.10 Å². The van der Waals surface area contributed by atoms with Crippen molar-refractivity contribution in [3.8, 4) is 11.5 Å². The SMILES string of the molecule is COc1cc(C=NNc2nc(N)cs2)ccc1OC(=O)c1ccc(C)cc1. The Balaban J connectivity index is 1.70. The van der Waals surface area contributed by atoms with E-state index in [-0.39, 0.29) is 0 Å². The Kier molecular flexibility index (Phi) is 5.68. The van der Waals surface area contributed by atoms with Crippen LogP contribution in [0.4, 0.5) is 10.9 Å². The molecule has 3 aromatic rings. The molecule has 1 aromatic heterocycles. The lowest BCUT2D eigenvalue weighted by Gasteiger charge is -2.10. The summed E-state index contributed by atoms with van der Waals surface area (Å²) in [5.74, 6) is 0.760. The summed E-state index contributed by atoms with van der Waals surface area (Å²) in [5, 5.41) is 6.42. The van der Waals surface area contributed by atoms with Crippen molar-refractivity contribution in [2.75, 3.05) is 18.3 Å². The minimum Gasteiger partial charge on any atom is -0.493 e. The molecule has 0 aliphatic rings. The lowest BCUT2D eigenvalue weighted by Crippen LogP contribution is -2.09. The number of benzene rings is 2. The van der Waals surface area contributed by atoms with Crippen molar-refractivity contribution in [1.29, 1.82) is 0 Å². The van der Waals surface area contributed by atoms with Gasteiger partial charge in [0.15, 0.2) is 11.5 Å². The molecule has 0 radical (unpaired) electrons. The van der Waals surface area contributed by atoms with E-state index >= 15 is 0 Å². The fourth-order valence-electron chi connectivity index (χ4n) is 2.20. The molecule has 0 saturated heterocycles. The van der Waals surface area contributed by atoms with Crippen LogP contribution in [0.3, 0.4) is 0 Å². The van der Waals surface area contributed by atoms with E-state index in [4.69, 9.17) is 15.2 Å². The van der Waals surface area contributed by atoms with Gasteiger partial charge in [0.05, 0.1) is 18.9 Å². The summed E-state index contributed by atoms with van der Waals surface area (Å²) in [6.07, 6.45) is 1.60. The summed E-state index contributed by atoms with van der Waals surface area (Å²) in [6, 6.07) is 12.3. The lowest BCUT2D eigenvalue weighted by molar-refractivity contribution is 0.0729. The second-order valence-corrected chi connectivity index (χ2v) is 6.47. The second-order valence-electron chi connectivity index (χ2n) is 5.61. The molecule has 1 heterocycles. The Morgan fingerprint density at radius 1 is 1.22 bits per heavy atom. The highest BCUT2D eigenvalue weighted by atomic mass is 32.1. The monoisotopic (exact) mass is 382 g/mol. The summed E-state index contributed by atoms with van der Waals surface area (Å²) in [4.78, 5) is 16.3. The number of carbonyl (C=O) groups is 1.